The maximum Gasteiger partial charge on any atom is 0.326 e. The lowest BCUT2D eigenvalue weighted by Crippen LogP contribution is -2.41. The molecular weight excluding hydrogens is 430 g/mol. The number of benzene rings is 1. The Morgan fingerprint density at radius 2 is 1.94 bits per heavy atom. The van der Waals surface area contributed by atoms with Gasteiger partial charge in [-0.05, 0) is 42.5 Å². The molecule has 0 spiro atoms. The molecule has 0 saturated carbocycles. The van der Waals surface area contributed by atoms with Crippen LogP contribution in [-0.2, 0) is 24.1 Å². The number of carboxylic acids is 1. The Bertz CT molecular complexity index is 1330. The first-order valence-corrected chi connectivity index (χ1v) is 10.1. The van der Waals surface area contributed by atoms with E-state index in [0.717, 1.165) is 11.1 Å². The molecule has 0 unspecified atom stereocenters. The van der Waals surface area contributed by atoms with E-state index in [-0.39, 0.29) is 24.3 Å². The Morgan fingerprint density at radius 3 is 2.64 bits per heavy atom. The van der Waals surface area contributed by atoms with Crippen molar-refractivity contribution in [3.8, 4) is 0 Å². The van der Waals surface area contributed by atoms with Gasteiger partial charge >= 0.3 is 5.97 Å². The third-order valence-electron chi connectivity index (χ3n) is 5.19. The number of hydrogen-bond acceptors (Lipinski definition) is 8. The number of nitrogens with one attached hydrogen (secondary N) is 4. The molecule has 3 aromatic heterocycles. The summed E-state index contributed by atoms with van der Waals surface area (Å²) in [5, 5.41) is 25.6. The second-order valence-corrected chi connectivity index (χ2v) is 7.42. The largest absolute Gasteiger partial charge is 0.480 e. The summed E-state index contributed by atoms with van der Waals surface area (Å²) in [6.07, 6.45) is 3.32. The molecule has 170 valence electrons. The van der Waals surface area contributed by atoms with Gasteiger partial charge in [0.1, 0.15) is 11.7 Å². The molecular formula is C20H21N9O4. The highest BCUT2D eigenvalue weighted by atomic mass is 16.4. The number of H-pyrrole nitrogens is 3. The third kappa shape index (κ3) is 5.03. The SMILES string of the molecule is Nc1nc2[nH]cc(CCc3ccc(C(=O)N[C@H](CCc4nn[nH]n4)C(=O)O)cc3)c2c(=O)[nH]1. The van der Waals surface area contributed by atoms with Crippen LogP contribution in [0.25, 0.3) is 11.0 Å². The molecule has 1 amide bonds. The van der Waals surface area contributed by atoms with Crippen molar-refractivity contribution in [3.05, 3.63) is 63.3 Å². The van der Waals surface area contributed by atoms with Crippen molar-refractivity contribution in [2.75, 3.05) is 5.73 Å². The van der Waals surface area contributed by atoms with Crippen LogP contribution in [-0.4, -0.2) is 58.6 Å². The number of hydrogen-bond donors (Lipinski definition) is 6. The van der Waals surface area contributed by atoms with E-state index in [1.54, 1.807) is 30.5 Å². The van der Waals surface area contributed by atoms with Gasteiger partial charge in [0.2, 0.25) is 5.95 Å². The summed E-state index contributed by atoms with van der Waals surface area (Å²) in [6, 6.07) is 5.76. The summed E-state index contributed by atoms with van der Waals surface area (Å²) in [5.41, 5.74) is 7.80. The zero-order valence-electron chi connectivity index (χ0n) is 17.3. The van der Waals surface area contributed by atoms with Gasteiger partial charge in [-0.1, -0.05) is 17.3 Å². The Hall–Kier alpha value is -4.55. The molecule has 0 saturated heterocycles. The molecule has 33 heavy (non-hydrogen) atoms. The number of carboxylic acid groups (broad SMARTS) is 1. The molecule has 13 heteroatoms. The second-order valence-electron chi connectivity index (χ2n) is 7.42. The number of rotatable bonds is 9. The van der Waals surface area contributed by atoms with Crippen molar-refractivity contribution in [3.63, 3.8) is 0 Å². The number of amides is 1. The number of anilines is 1. The summed E-state index contributed by atoms with van der Waals surface area (Å²) in [4.78, 5) is 45.7. The number of aromatic amines is 3. The number of carbonyl (C=O) groups is 2. The van der Waals surface area contributed by atoms with Gasteiger partial charge in [0.15, 0.2) is 5.82 Å². The normalized spacial score (nSPS) is 12.0. The van der Waals surface area contributed by atoms with Crippen LogP contribution in [0.5, 0.6) is 0 Å². The first kappa shape index (κ1) is 21.7. The molecule has 0 aliphatic rings. The van der Waals surface area contributed by atoms with Gasteiger partial charge in [0.05, 0.1) is 5.39 Å². The number of tetrazole rings is 1. The van der Waals surface area contributed by atoms with Crippen molar-refractivity contribution >= 4 is 28.9 Å². The minimum atomic E-state index is -1.14. The van der Waals surface area contributed by atoms with Gasteiger partial charge in [0.25, 0.3) is 11.5 Å². The average molecular weight is 451 g/mol. The molecule has 4 aromatic rings. The fraction of sp³-hybridized carbons (Fsp3) is 0.250. The predicted octanol–water partition coefficient (Wildman–Crippen LogP) is -0.0525. The number of aryl methyl sites for hydroxylation is 3. The molecule has 1 aromatic carbocycles. The van der Waals surface area contributed by atoms with Gasteiger partial charge < -0.3 is 21.1 Å². The van der Waals surface area contributed by atoms with Crippen LogP contribution < -0.4 is 16.6 Å². The van der Waals surface area contributed by atoms with Crippen molar-refractivity contribution in [1.29, 1.82) is 0 Å². The summed E-state index contributed by atoms with van der Waals surface area (Å²) in [7, 11) is 0. The maximum absolute atomic E-state index is 12.5. The summed E-state index contributed by atoms with van der Waals surface area (Å²) in [5.74, 6) is -1.21. The number of aliphatic carboxylic acids is 1. The molecule has 3 heterocycles. The summed E-state index contributed by atoms with van der Waals surface area (Å²) < 4.78 is 0. The fourth-order valence-electron chi connectivity index (χ4n) is 3.48. The standard InChI is InChI=1S/C20H21N9O4/c21-20-24-16-15(18(31)25-20)12(9-22-16)6-3-10-1-4-11(5-2-10)17(30)23-13(19(32)33)7-8-14-26-28-29-27-14/h1-2,4-5,9,13H,3,6-8H2,(H,23,30)(H,32,33)(H,26,27,28,29)(H4,21,22,24,25,31)/t13-/m1/s1. The smallest absolute Gasteiger partial charge is 0.326 e. The van der Waals surface area contributed by atoms with Gasteiger partial charge in [-0.15, -0.1) is 10.2 Å². The van der Waals surface area contributed by atoms with Crippen LogP contribution in [0, 0.1) is 0 Å². The summed E-state index contributed by atoms with van der Waals surface area (Å²) >= 11 is 0. The highest BCUT2D eigenvalue weighted by Gasteiger charge is 2.21. The quantitative estimate of drug-likeness (QED) is 0.201. The van der Waals surface area contributed by atoms with Crippen LogP contribution >= 0.6 is 0 Å². The molecule has 0 aliphatic carbocycles. The van der Waals surface area contributed by atoms with Crippen molar-refractivity contribution < 1.29 is 14.7 Å². The monoisotopic (exact) mass is 451 g/mol. The number of nitrogens with two attached hydrogens (primary N) is 1. The van der Waals surface area contributed by atoms with Crippen LogP contribution in [0.2, 0.25) is 0 Å². The zero-order valence-corrected chi connectivity index (χ0v) is 17.3. The molecule has 0 bridgehead atoms. The highest BCUT2D eigenvalue weighted by Crippen LogP contribution is 2.16. The Labute approximate surface area is 185 Å². The zero-order chi connectivity index (χ0) is 23.4. The molecule has 7 N–H and O–H groups in total. The number of fused-ring (bicyclic) bond motifs is 1. The minimum absolute atomic E-state index is 0.0507. The van der Waals surface area contributed by atoms with Crippen LogP contribution in [0.1, 0.15) is 33.7 Å². The third-order valence-corrected chi connectivity index (χ3v) is 5.19. The molecule has 13 nitrogen and oxygen atoms in total. The predicted molar refractivity (Wildman–Crippen MR) is 116 cm³/mol. The minimum Gasteiger partial charge on any atom is -0.480 e. The summed E-state index contributed by atoms with van der Waals surface area (Å²) in [6.45, 7) is 0. The van der Waals surface area contributed by atoms with E-state index in [4.69, 9.17) is 5.73 Å². The lowest BCUT2D eigenvalue weighted by molar-refractivity contribution is -0.139. The fourth-order valence-corrected chi connectivity index (χ4v) is 3.48. The van der Waals surface area contributed by atoms with Crippen LogP contribution in [0.4, 0.5) is 5.95 Å². The average Bonchev–Trinajstić information content (AvgIpc) is 3.45. The van der Waals surface area contributed by atoms with Crippen molar-refractivity contribution in [1.82, 2.24) is 40.9 Å². The van der Waals surface area contributed by atoms with Gasteiger partial charge in [0, 0.05) is 18.2 Å². The van der Waals surface area contributed by atoms with E-state index in [0.29, 0.717) is 35.3 Å². The van der Waals surface area contributed by atoms with E-state index in [1.807, 2.05) is 0 Å². The van der Waals surface area contributed by atoms with Gasteiger partial charge in [-0.3, -0.25) is 14.6 Å². The van der Waals surface area contributed by atoms with Gasteiger partial charge in [-0.25, -0.2) is 4.79 Å². The van der Waals surface area contributed by atoms with Gasteiger partial charge in [-0.2, -0.15) is 10.2 Å². The Balaban J connectivity index is 1.37. The van der Waals surface area contributed by atoms with E-state index >= 15 is 0 Å². The Kier molecular flexibility index (Phi) is 6.11. The van der Waals surface area contributed by atoms with E-state index < -0.39 is 17.9 Å². The molecule has 0 fully saturated rings. The van der Waals surface area contributed by atoms with E-state index in [1.165, 1.54) is 0 Å². The molecule has 4 rings (SSSR count). The molecule has 0 aliphatic heterocycles. The first-order valence-electron chi connectivity index (χ1n) is 10.1. The van der Waals surface area contributed by atoms with Crippen LogP contribution in [0.15, 0.2) is 35.3 Å². The lowest BCUT2D eigenvalue weighted by atomic mass is 10.0. The maximum atomic E-state index is 12.5. The first-order chi connectivity index (χ1) is 15.9. The number of nitrogen functional groups attached to an aromatic ring is 1. The molecule has 1 atom stereocenters. The van der Waals surface area contributed by atoms with E-state index in [9.17, 15) is 19.5 Å². The van der Waals surface area contributed by atoms with E-state index in [2.05, 4.69) is 40.9 Å². The second kappa shape index (κ2) is 9.30. The number of carbonyl (C=O) groups excluding carboxylic acids is 1. The topological polar surface area (TPSA) is 208 Å². The van der Waals surface area contributed by atoms with Crippen molar-refractivity contribution in [2.45, 2.75) is 31.7 Å². The van der Waals surface area contributed by atoms with Crippen molar-refractivity contribution in [2.24, 2.45) is 0 Å². The lowest BCUT2D eigenvalue weighted by Gasteiger charge is -2.14. The Morgan fingerprint density at radius 1 is 1.15 bits per heavy atom. The van der Waals surface area contributed by atoms with Crippen LogP contribution in [0.3, 0.4) is 0 Å². The highest BCUT2D eigenvalue weighted by molar-refractivity contribution is 5.96. The molecule has 0 radical (unpaired) electrons. The number of nitrogens with zero attached hydrogens (tertiary/aromatic N) is 4. The number of aromatic nitrogens is 7.